The third-order valence-electron chi connectivity index (χ3n) is 3.69. The monoisotopic (exact) mass is 304 g/mol. The van der Waals surface area contributed by atoms with Gasteiger partial charge in [0.05, 0.1) is 11.4 Å². The molecule has 4 rings (SSSR count). The number of fused-ring (bicyclic) bond motifs is 1. The number of hydrogen-bond acceptors (Lipinski definition) is 3. The van der Waals surface area contributed by atoms with Crippen molar-refractivity contribution in [3.63, 3.8) is 0 Å². The summed E-state index contributed by atoms with van der Waals surface area (Å²) in [6.45, 7) is 1.93. The van der Waals surface area contributed by atoms with Crippen LogP contribution in [-0.2, 0) is 0 Å². The van der Waals surface area contributed by atoms with E-state index in [0.717, 1.165) is 28.2 Å². The predicted octanol–water partition coefficient (Wildman–Crippen LogP) is 3.91. The summed E-state index contributed by atoms with van der Waals surface area (Å²) in [5.41, 5.74) is 4.33. The van der Waals surface area contributed by atoms with Gasteiger partial charge >= 0.3 is 0 Å². The van der Waals surface area contributed by atoms with Crippen LogP contribution in [0.25, 0.3) is 28.3 Å². The summed E-state index contributed by atoms with van der Waals surface area (Å²) in [4.78, 5) is 13.3. The van der Waals surface area contributed by atoms with Gasteiger partial charge in [-0.05, 0) is 49.4 Å². The lowest BCUT2D eigenvalue weighted by Gasteiger charge is -2.05. The van der Waals surface area contributed by atoms with Crippen LogP contribution in [0.2, 0.25) is 0 Å². The normalized spacial score (nSPS) is 11.0. The molecule has 112 valence electrons. The molecule has 0 saturated heterocycles. The first-order chi connectivity index (χ1) is 11.2. The van der Waals surface area contributed by atoms with Gasteiger partial charge in [0.25, 0.3) is 0 Å². The molecule has 23 heavy (non-hydrogen) atoms. The Morgan fingerprint density at radius 2 is 1.78 bits per heavy atom. The standard InChI is InChI=1S/C18H13FN4/c1-12-8-10-23-17(14-3-2-9-20-11-14)16(22-18(23)21-12)13-4-6-15(19)7-5-13/h2-11H,1H3. The van der Waals surface area contributed by atoms with Crippen molar-refractivity contribution >= 4 is 5.78 Å². The van der Waals surface area contributed by atoms with Crippen molar-refractivity contribution in [2.75, 3.05) is 0 Å². The van der Waals surface area contributed by atoms with Gasteiger partial charge in [0.1, 0.15) is 5.82 Å². The molecule has 0 fully saturated rings. The van der Waals surface area contributed by atoms with Crippen LogP contribution in [-0.4, -0.2) is 19.4 Å². The fourth-order valence-electron chi connectivity index (χ4n) is 2.61. The smallest absolute Gasteiger partial charge is 0.235 e. The second-order valence-electron chi connectivity index (χ2n) is 5.30. The summed E-state index contributed by atoms with van der Waals surface area (Å²) < 4.78 is 15.2. The highest BCUT2D eigenvalue weighted by Crippen LogP contribution is 2.32. The Balaban J connectivity index is 2.04. The number of nitrogens with zero attached hydrogens (tertiary/aromatic N) is 4. The molecule has 0 aliphatic heterocycles. The molecule has 5 heteroatoms. The van der Waals surface area contributed by atoms with Crippen molar-refractivity contribution in [2.24, 2.45) is 0 Å². The molecule has 3 heterocycles. The number of pyridine rings is 1. The number of imidazole rings is 1. The zero-order valence-corrected chi connectivity index (χ0v) is 12.4. The van der Waals surface area contributed by atoms with Crippen LogP contribution in [0.3, 0.4) is 0 Å². The molecule has 0 bridgehead atoms. The average Bonchev–Trinajstić information content (AvgIpc) is 2.94. The van der Waals surface area contributed by atoms with Gasteiger partial charge in [-0.25, -0.2) is 14.4 Å². The molecular weight excluding hydrogens is 291 g/mol. The van der Waals surface area contributed by atoms with Gasteiger partial charge in [0.2, 0.25) is 5.78 Å². The highest BCUT2D eigenvalue weighted by molar-refractivity contribution is 5.80. The third-order valence-corrected chi connectivity index (χ3v) is 3.69. The van der Waals surface area contributed by atoms with Crippen LogP contribution in [0.4, 0.5) is 4.39 Å². The fourth-order valence-corrected chi connectivity index (χ4v) is 2.61. The zero-order valence-electron chi connectivity index (χ0n) is 12.4. The van der Waals surface area contributed by atoms with Gasteiger partial charge in [0, 0.05) is 35.4 Å². The molecule has 0 atom stereocenters. The first kappa shape index (κ1) is 13.6. The molecular formula is C18H13FN4. The minimum absolute atomic E-state index is 0.269. The zero-order chi connectivity index (χ0) is 15.8. The van der Waals surface area contributed by atoms with Crippen LogP contribution in [0, 0.1) is 12.7 Å². The second-order valence-corrected chi connectivity index (χ2v) is 5.30. The first-order valence-corrected chi connectivity index (χ1v) is 7.24. The van der Waals surface area contributed by atoms with Crippen molar-refractivity contribution in [3.05, 3.63) is 72.6 Å². The summed E-state index contributed by atoms with van der Waals surface area (Å²) >= 11 is 0. The predicted molar refractivity (Wildman–Crippen MR) is 86.3 cm³/mol. The number of benzene rings is 1. The highest BCUT2D eigenvalue weighted by Gasteiger charge is 2.16. The van der Waals surface area contributed by atoms with E-state index in [4.69, 9.17) is 0 Å². The molecule has 1 aromatic carbocycles. The van der Waals surface area contributed by atoms with Crippen molar-refractivity contribution in [1.82, 2.24) is 19.4 Å². The molecule has 0 amide bonds. The van der Waals surface area contributed by atoms with E-state index < -0.39 is 0 Å². The Kier molecular flexibility index (Phi) is 3.12. The largest absolute Gasteiger partial charge is 0.283 e. The molecule has 0 saturated carbocycles. The highest BCUT2D eigenvalue weighted by atomic mass is 19.1. The lowest BCUT2D eigenvalue weighted by molar-refractivity contribution is 0.628. The lowest BCUT2D eigenvalue weighted by atomic mass is 10.1. The quantitative estimate of drug-likeness (QED) is 0.564. The van der Waals surface area contributed by atoms with E-state index in [0.29, 0.717) is 5.78 Å². The van der Waals surface area contributed by atoms with E-state index in [1.807, 2.05) is 35.7 Å². The minimum Gasteiger partial charge on any atom is -0.283 e. The van der Waals surface area contributed by atoms with Gasteiger partial charge in [-0.15, -0.1) is 0 Å². The van der Waals surface area contributed by atoms with E-state index in [1.54, 1.807) is 24.5 Å². The van der Waals surface area contributed by atoms with Crippen molar-refractivity contribution in [3.8, 4) is 22.5 Å². The minimum atomic E-state index is -0.269. The van der Waals surface area contributed by atoms with Gasteiger partial charge in [-0.2, -0.15) is 0 Å². The second kappa shape index (κ2) is 5.28. The molecule has 4 nitrogen and oxygen atoms in total. The number of halogens is 1. The number of aromatic nitrogens is 4. The first-order valence-electron chi connectivity index (χ1n) is 7.24. The molecule has 0 aliphatic carbocycles. The van der Waals surface area contributed by atoms with Crippen LogP contribution in [0.1, 0.15) is 5.69 Å². The van der Waals surface area contributed by atoms with E-state index in [1.165, 1.54) is 12.1 Å². The summed E-state index contributed by atoms with van der Waals surface area (Å²) in [6.07, 6.45) is 5.46. The van der Waals surface area contributed by atoms with E-state index in [-0.39, 0.29) is 5.82 Å². The molecule has 0 N–H and O–H groups in total. The SMILES string of the molecule is Cc1ccn2c(-c3cccnc3)c(-c3ccc(F)cc3)nc2n1. The molecule has 4 aromatic rings. The molecule has 0 aliphatic rings. The Morgan fingerprint density at radius 1 is 0.957 bits per heavy atom. The Morgan fingerprint density at radius 3 is 2.52 bits per heavy atom. The number of hydrogen-bond donors (Lipinski definition) is 0. The van der Waals surface area contributed by atoms with E-state index in [2.05, 4.69) is 15.0 Å². The van der Waals surface area contributed by atoms with Crippen molar-refractivity contribution in [2.45, 2.75) is 6.92 Å². The Labute approximate surface area is 132 Å². The van der Waals surface area contributed by atoms with Gasteiger partial charge in [-0.1, -0.05) is 0 Å². The summed E-state index contributed by atoms with van der Waals surface area (Å²) in [7, 11) is 0. The Hall–Kier alpha value is -3.08. The van der Waals surface area contributed by atoms with Crippen LogP contribution >= 0.6 is 0 Å². The number of rotatable bonds is 2. The Bertz CT molecular complexity index is 975. The third kappa shape index (κ3) is 2.36. The van der Waals surface area contributed by atoms with Gasteiger partial charge < -0.3 is 0 Å². The maximum absolute atomic E-state index is 13.2. The number of aryl methyl sites for hydroxylation is 1. The summed E-state index contributed by atoms with van der Waals surface area (Å²) in [6, 6.07) is 12.1. The van der Waals surface area contributed by atoms with Gasteiger partial charge in [-0.3, -0.25) is 9.38 Å². The maximum atomic E-state index is 13.2. The lowest BCUT2D eigenvalue weighted by Crippen LogP contribution is -1.93. The van der Waals surface area contributed by atoms with Crippen molar-refractivity contribution < 1.29 is 4.39 Å². The van der Waals surface area contributed by atoms with Crippen LogP contribution < -0.4 is 0 Å². The molecule has 0 radical (unpaired) electrons. The van der Waals surface area contributed by atoms with Gasteiger partial charge in [0.15, 0.2) is 0 Å². The fraction of sp³-hybridized carbons (Fsp3) is 0.0556. The molecule has 0 spiro atoms. The topological polar surface area (TPSA) is 43.1 Å². The maximum Gasteiger partial charge on any atom is 0.235 e. The van der Waals surface area contributed by atoms with Crippen molar-refractivity contribution in [1.29, 1.82) is 0 Å². The van der Waals surface area contributed by atoms with E-state index in [9.17, 15) is 4.39 Å². The van der Waals surface area contributed by atoms with E-state index >= 15 is 0 Å². The van der Waals surface area contributed by atoms with Crippen LogP contribution in [0.5, 0.6) is 0 Å². The summed E-state index contributed by atoms with van der Waals surface area (Å²) in [5, 5.41) is 0. The summed E-state index contributed by atoms with van der Waals surface area (Å²) in [5.74, 6) is 0.345. The van der Waals surface area contributed by atoms with Crippen LogP contribution in [0.15, 0.2) is 61.1 Å². The molecule has 3 aromatic heterocycles. The average molecular weight is 304 g/mol. The molecule has 0 unspecified atom stereocenters.